The molecule has 4 nitrogen and oxygen atoms in total. The number of hydrogen-bond acceptors (Lipinski definition) is 4. The fourth-order valence-corrected chi connectivity index (χ4v) is 2.69. The van der Waals surface area contributed by atoms with E-state index in [1.807, 2.05) is 13.0 Å². The zero-order valence-electron chi connectivity index (χ0n) is 14.6. The van der Waals surface area contributed by atoms with Crippen LogP contribution in [0.4, 0.5) is 21.8 Å². The number of aromatic nitrogens is 2. The SMILES string of the molecule is Cc1cc(C)cc(Nc2nc(C)cc(NCc3ccc(F)cc3)n2)c1. The van der Waals surface area contributed by atoms with E-state index < -0.39 is 0 Å². The highest BCUT2D eigenvalue weighted by atomic mass is 19.1. The van der Waals surface area contributed by atoms with Gasteiger partial charge in [0.1, 0.15) is 11.6 Å². The van der Waals surface area contributed by atoms with Crippen molar-refractivity contribution in [1.82, 2.24) is 9.97 Å². The van der Waals surface area contributed by atoms with Gasteiger partial charge in [-0.25, -0.2) is 9.37 Å². The van der Waals surface area contributed by atoms with Crippen LogP contribution in [0.5, 0.6) is 0 Å². The first-order valence-electron chi connectivity index (χ1n) is 8.17. The van der Waals surface area contributed by atoms with E-state index in [1.54, 1.807) is 12.1 Å². The number of anilines is 3. The third kappa shape index (κ3) is 4.76. The minimum absolute atomic E-state index is 0.235. The quantitative estimate of drug-likeness (QED) is 0.696. The second-order valence-electron chi connectivity index (χ2n) is 6.20. The largest absolute Gasteiger partial charge is 0.366 e. The molecule has 2 N–H and O–H groups in total. The lowest BCUT2D eigenvalue weighted by molar-refractivity contribution is 0.627. The lowest BCUT2D eigenvalue weighted by atomic mass is 10.1. The van der Waals surface area contributed by atoms with Crippen molar-refractivity contribution >= 4 is 17.5 Å². The normalized spacial score (nSPS) is 10.6. The van der Waals surface area contributed by atoms with Gasteiger partial charge in [0.25, 0.3) is 0 Å². The van der Waals surface area contributed by atoms with Crippen molar-refractivity contribution in [1.29, 1.82) is 0 Å². The highest BCUT2D eigenvalue weighted by Gasteiger charge is 2.04. The number of rotatable bonds is 5. The molecule has 1 heterocycles. The van der Waals surface area contributed by atoms with Gasteiger partial charge in [0.15, 0.2) is 0 Å². The lowest BCUT2D eigenvalue weighted by Gasteiger charge is -2.11. The lowest BCUT2D eigenvalue weighted by Crippen LogP contribution is -2.05. The maximum absolute atomic E-state index is 13.0. The Morgan fingerprint density at radius 1 is 0.880 bits per heavy atom. The van der Waals surface area contributed by atoms with Gasteiger partial charge in [-0.15, -0.1) is 0 Å². The van der Waals surface area contributed by atoms with E-state index in [-0.39, 0.29) is 5.82 Å². The number of halogens is 1. The molecule has 1 aromatic heterocycles. The van der Waals surface area contributed by atoms with Gasteiger partial charge in [0.2, 0.25) is 5.95 Å². The smallest absolute Gasteiger partial charge is 0.229 e. The molecule has 0 saturated carbocycles. The second kappa shape index (κ2) is 7.30. The molecule has 3 rings (SSSR count). The van der Waals surface area contributed by atoms with Crippen LogP contribution in [0.25, 0.3) is 0 Å². The van der Waals surface area contributed by atoms with Gasteiger partial charge in [0, 0.05) is 24.0 Å². The molecular formula is C20H21FN4. The predicted molar refractivity (Wildman–Crippen MR) is 99.7 cm³/mol. The first-order chi connectivity index (χ1) is 12.0. The third-order valence-corrected chi connectivity index (χ3v) is 3.72. The topological polar surface area (TPSA) is 49.8 Å². The molecule has 3 aromatic rings. The van der Waals surface area contributed by atoms with E-state index in [9.17, 15) is 4.39 Å². The van der Waals surface area contributed by atoms with E-state index in [4.69, 9.17) is 0 Å². The van der Waals surface area contributed by atoms with Gasteiger partial charge in [0.05, 0.1) is 0 Å². The van der Waals surface area contributed by atoms with Gasteiger partial charge in [-0.2, -0.15) is 4.98 Å². The predicted octanol–water partition coefficient (Wildman–Crippen LogP) is 4.90. The molecule has 0 radical (unpaired) electrons. The molecule has 0 aliphatic rings. The summed E-state index contributed by atoms with van der Waals surface area (Å²) in [6.07, 6.45) is 0. The molecule has 0 atom stereocenters. The first-order valence-corrected chi connectivity index (χ1v) is 8.17. The average Bonchev–Trinajstić information content (AvgIpc) is 2.53. The van der Waals surface area contributed by atoms with Gasteiger partial charge in [-0.05, 0) is 61.7 Å². The maximum atomic E-state index is 13.0. The van der Waals surface area contributed by atoms with E-state index >= 15 is 0 Å². The van der Waals surface area contributed by atoms with Gasteiger partial charge < -0.3 is 10.6 Å². The van der Waals surface area contributed by atoms with Crippen LogP contribution < -0.4 is 10.6 Å². The van der Waals surface area contributed by atoms with Crippen molar-refractivity contribution in [3.05, 3.63) is 76.7 Å². The zero-order chi connectivity index (χ0) is 17.8. The molecule has 0 amide bonds. The Kier molecular flexibility index (Phi) is 4.93. The summed E-state index contributed by atoms with van der Waals surface area (Å²) in [5.74, 6) is 1.04. The van der Waals surface area contributed by atoms with Crippen LogP contribution in [-0.2, 0) is 6.54 Å². The van der Waals surface area contributed by atoms with Crippen LogP contribution in [-0.4, -0.2) is 9.97 Å². The zero-order valence-corrected chi connectivity index (χ0v) is 14.6. The van der Waals surface area contributed by atoms with E-state index in [1.165, 1.54) is 23.3 Å². The fourth-order valence-electron chi connectivity index (χ4n) is 2.69. The molecule has 0 aliphatic heterocycles. The van der Waals surface area contributed by atoms with E-state index in [0.29, 0.717) is 12.5 Å². The maximum Gasteiger partial charge on any atom is 0.229 e. The van der Waals surface area contributed by atoms with Crippen LogP contribution in [0.2, 0.25) is 0 Å². The van der Waals surface area contributed by atoms with E-state index in [2.05, 4.69) is 52.6 Å². The number of nitrogens with one attached hydrogen (secondary N) is 2. The summed E-state index contributed by atoms with van der Waals surface area (Å²) in [5, 5.41) is 6.52. The second-order valence-corrected chi connectivity index (χ2v) is 6.20. The minimum atomic E-state index is -0.235. The molecular weight excluding hydrogens is 315 g/mol. The fraction of sp³-hybridized carbons (Fsp3) is 0.200. The number of aryl methyl sites for hydroxylation is 3. The molecule has 0 aliphatic carbocycles. The minimum Gasteiger partial charge on any atom is -0.366 e. The first kappa shape index (κ1) is 16.9. The average molecular weight is 336 g/mol. The van der Waals surface area contributed by atoms with Crippen LogP contribution in [0.1, 0.15) is 22.4 Å². The van der Waals surface area contributed by atoms with Crippen molar-refractivity contribution in [2.24, 2.45) is 0 Å². The summed E-state index contributed by atoms with van der Waals surface area (Å²) in [4.78, 5) is 8.96. The summed E-state index contributed by atoms with van der Waals surface area (Å²) in [6.45, 7) is 6.62. The van der Waals surface area contributed by atoms with Gasteiger partial charge >= 0.3 is 0 Å². The number of hydrogen-bond donors (Lipinski definition) is 2. The van der Waals surface area contributed by atoms with Crippen molar-refractivity contribution < 1.29 is 4.39 Å². The standard InChI is InChI=1S/C20H21FN4/c1-13-8-14(2)10-18(9-13)24-20-23-15(3)11-19(25-20)22-12-16-4-6-17(21)7-5-16/h4-11H,12H2,1-3H3,(H2,22,23,24,25). The van der Waals surface area contributed by atoms with Gasteiger partial charge in [-0.3, -0.25) is 0 Å². The monoisotopic (exact) mass is 336 g/mol. The molecule has 128 valence electrons. The molecule has 0 fully saturated rings. The molecule has 25 heavy (non-hydrogen) atoms. The highest BCUT2D eigenvalue weighted by Crippen LogP contribution is 2.19. The highest BCUT2D eigenvalue weighted by molar-refractivity contribution is 5.57. The Bertz CT molecular complexity index is 855. The molecule has 0 spiro atoms. The molecule has 5 heteroatoms. The summed E-state index contributed by atoms with van der Waals surface area (Å²) in [7, 11) is 0. The molecule has 0 bridgehead atoms. The Labute approximate surface area is 147 Å². The van der Waals surface area contributed by atoms with Crippen LogP contribution in [0, 0.1) is 26.6 Å². The molecule has 2 aromatic carbocycles. The Morgan fingerprint density at radius 2 is 1.56 bits per heavy atom. The van der Waals surface area contributed by atoms with Gasteiger partial charge in [-0.1, -0.05) is 18.2 Å². The summed E-state index contributed by atoms with van der Waals surface area (Å²) >= 11 is 0. The number of benzene rings is 2. The van der Waals surface area contributed by atoms with Crippen molar-refractivity contribution in [2.75, 3.05) is 10.6 Å². The number of nitrogens with zero attached hydrogens (tertiary/aromatic N) is 2. The Balaban J connectivity index is 1.74. The third-order valence-electron chi connectivity index (χ3n) is 3.72. The van der Waals surface area contributed by atoms with Crippen LogP contribution in [0.15, 0.2) is 48.5 Å². The van der Waals surface area contributed by atoms with Crippen LogP contribution >= 0.6 is 0 Å². The molecule has 0 saturated heterocycles. The summed E-state index contributed by atoms with van der Waals surface area (Å²) < 4.78 is 13.0. The van der Waals surface area contributed by atoms with Crippen molar-refractivity contribution in [3.8, 4) is 0 Å². The summed E-state index contributed by atoms with van der Waals surface area (Å²) in [6, 6.07) is 14.5. The Morgan fingerprint density at radius 3 is 2.24 bits per heavy atom. The Hall–Kier alpha value is -2.95. The van der Waals surface area contributed by atoms with E-state index in [0.717, 1.165) is 22.8 Å². The molecule has 0 unspecified atom stereocenters. The van der Waals surface area contributed by atoms with Crippen molar-refractivity contribution in [3.63, 3.8) is 0 Å². The van der Waals surface area contributed by atoms with Crippen LogP contribution in [0.3, 0.4) is 0 Å². The van der Waals surface area contributed by atoms with Crippen molar-refractivity contribution in [2.45, 2.75) is 27.3 Å². The summed E-state index contributed by atoms with van der Waals surface area (Å²) in [5.41, 5.74) is 5.19.